The summed E-state index contributed by atoms with van der Waals surface area (Å²) in [5.74, 6) is 1.82. The fourth-order valence-electron chi connectivity index (χ4n) is 2.02. The van der Waals surface area contributed by atoms with Gasteiger partial charge in [0.25, 0.3) is 0 Å². The molecule has 1 atom stereocenters. The molecule has 4 nitrogen and oxygen atoms in total. The van der Waals surface area contributed by atoms with E-state index in [1.807, 2.05) is 33.8 Å². The van der Waals surface area contributed by atoms with Gasteiger partial charge in [0.2, 0.25) is 0 Å². The van der Waals surface area contributed by atoms with Crippen molar-refractivity contribution in [1.82, 2.24) is 9.97 Å². The lowest BCUT2D eigenvalue weighted by molar-refractivity contribution is 0.623. The lowest BCUT2D eigenvalue weighted by Crippen LogP contribution is -2.13. The van der Waals surface area contributed by atoms with Gasteiger partial charge in [-0.15, -0.1) is 0 Å². The Kier molecular flexibility index (Phi) is 4.40. The van der Waals surface area contributed by atoms with Gasteiger partial charge in [0.05, 0.1) is 6.04 Å². The first-order valence-electron chi connectivity index (χ1n) is 7.04. The first-order valence-corrected chi connectivity index (χ1v) is 7.04. The highest BCUT2D eigenvalue weighted by Crippen LogP contribution is 2.25. The molecule has 0 spiro atoms. The van der Waals surface area contributed by atoms with Crippen LogP contribution >= 0.6 is 0 Å². The van der Waals surface area contributed by atoms with Crippen LogP contribution in [-0.4, -0.2) is 9.97 Å². The van der Waals surface area contributed by atoms with E-state index in [-0.39, 0.29) is 17.8 Å². The maximum atomic E-state index is 13.3. The summed E-state index contributed by atoms with van der Waals surface area (Å²) in [6.45, 7) is 7.87. The summed E-state index contributed by atoms with van der Waals surface area (Å²) in [4.78, 5) is 8.82. The van der Waals surface area contributed by atoms with Crippen molar-refractivity contribution in [3.05, 3.63) is 47.0 Å². The number of nitrogen functional groups attached to an aromatic ring is 1. The van der Waals surface area contributed by atoms with Crippen molar-refractivity contribution in [2.45, 2.75) is 39.7 Å². The van der Waals surface area contributed by atoms with E-state index >= 15 is 0 Å². The second kappa shape index (κ2) is 6.08. The van der Waals surface area contributed by atoms with Crippen LogP contribution in [0, 0.1) is 12.7 Å². The smallest absolute Gasteiger partial charge is 0.135 e. The fourth-order valence-corrected chi connectivity index (χ4v) is 2.02. The third kappa shape index (κ3) is 3.48. The molecular formula is C16H21FN4. The van der Waals surface area contributed by atoms with Gasteiger partial charge in [-0.05, 0) is 31.5 Å². The molecule has 0 aliphatic carbocycles. The molecule has 2 rings (SSSR count). The maximum Gasteiger partial charge on any atom is 0.135 e. The minimum Gasteiger partial charge on any atom is -0.383 e. The molecule has 0 radical (unpaired) electrons. The Morgan fingerprint density at radius 2 is 1.90 bits per heavy atom. The highest BCUT2D eigenvalue weighted by Gasteiger charge is 2.14. The van der Waals surface area contributed by atoms with Gasteiger partial charge in [-0.25, -0.2) is 14.4 Å². The van der Waals surface area contributed by atoms with Crippen molar-refractivity contribution < 1.29 is 4.39 Å². The molecule has 21 heavy (non-hydrogen) atoms. The minimum atomic E-state index is -0.247. The van der Waals surface area contributed by atoms with Crippen molar-refractivity contribution in [1.29, 1.82) is 0 Å². The van der Waals surface area contributed by atoms with E-state index in [2.05, 4.69) is 15.3 Å². The SMILES string of the molecule is Cc1c(N)nc(C(C)C)nc1NC(C)c1cccc(F)c1. The van der Waals surface area contributed by atoms with E-state index in [4.69, 9.17) is 5.73 Å². The molecule has 1 aromatic carbocycles. The minimum absolute atomic E-state index is 0.0753. The molecule has 3 N–H and O–H groups in total. The molecule has 0 saturated heterocycles. The maximum absolute atomic E-state index is 13.3. The molecular weight excluding hydrogens is 267 g/mol. The van der Waals surface area contributed by atoms with Crippen LogP contribution in [0.15, 0.2) is 24.3 Å². The van der Waals surface area contributed by atoms with Crippen LogP contribution in [0.4, 0.5) is 16.0 Å². The molecule has 0 bridgehead atoms. The predicted octanol–water partition coefficient (Wildman–Crippen LogP) is 3.80. The number of anilines is 2. The first-order chi connectivity index (χ1) is 9.88. The van der Waals surface area contributed by atoms with Crippen LogP contribution in [0.3, 0.4) is 0 Å². The lowest BCUT2D eigenvalue weighted by atomic mass is 10.1. The van der Waals surface area contributed by atoms with E-state index in [1.54, 1.807) is 6.07 Å². The van der Waals surface area contributed by atoms with E-state index in [0.717, 1.165) is 11.1 Å². The number of rotatable bonds is 4. The monoisotopic (exact) mass is 288 g/mol. The van der Waals surface area contributed by atoms with Crippen molar-refractivity contribution >= 4 is 11.6 Å². The Morgan fingerprint density at radius 3 is 2.52 bits per heavy atom. The average Bonchev–Trinajstić information content (AvgIpc) is 2.43. The normalized spacial score (nSPS) is 12.5. The van der Waals surface area contributed by atoms with Crippen molar-refractivity contribution in [3.8, 4) is 0 Å². The Hall–Kier alpha value is -2.17. The second-order valence-corrected chi connectivity index (χ2v) is 5.52. The van der Waals surface area contributed by atoms with Gasteiger partial charge in [-0.1, -0.05) is 26.0 Å². The van der Waals surface area contributed by atoms with E-state index in [0.29, 0.717) is 17.5 Å². The number of nitrogens with one attached hydrogen (secondary N) is 1. The quantitative estimate of drug-likeness (QED) is 0.898. The summed E-state index contributed by atoms with van der Waals surface area (Å²) < 4.78 is 13.3. The van der Waals surface area contributed by atoms with Crippen molar-refractivity contribution in [2.24, 2.45) is 0 Å². The van der Waals surface area contributed by atoms with Gasteiger partial charge in [0.1, 0.15) is 23.3 Å². The fraction of sp³-hybridized carbons (Fsp3) is 0.375. The first kappa shape index (κ1) is 15.2. The van der Waals surface area contributed by atoms with Gasteiger partial charge < -0.3 is 11.1 Å². The topological polar surface area (TPSA) is 63.8 Å². The van der Waals surface area contributed by atoms with E-state index < -0.39 is 0 Å². The molecule has 0 amide bonds. The Balaban J connectivity index is 2.30. The number of nitrogens with zero attached hydrogens (tertiary/aromatic N) is 2. The van der Waals surface area contributed by atoms with Crippen LogP contribution in [0.2, 0.25) is 0 Å². The number of benzene rings is 1. The second-order valence-electron chi connectivity index (χ2n) is 5.52. The van der Waals surface area contributed by atoms with Gasteiger partial charge in [0.15, 0.2) is 0 Å². The highest BCUT2D eigenvalue weighted by molar-refractivity contribution is 5.55. The van der Waals surface area contributed by atoms with Crippen LogP contribution in [0.25, 0.3) is 0 Å². The highest BCUT2D eigenvalue weighted by atomic mass is 19.1. The number of aromatic nitrogens is 2. The molecule has 0 saturated carbocycles. The van der Waals surface area contributed by atoms with Crippen LogP contribution < -0.4 is 11.1 Å². The zero-order valence-electron chi connectivity index (χ0n) is 12.8. The van der Waals surface area contributed by atoms with E-state index in [1.165, 1.54) is 12.1 Å². The number of hydrogen-bond donors (Lipinski definition) is 2. The summed E-state index contributed by atoms with van der Waals surface area (Å²) in [6.07, 6.45) is 0. The number of hydrogen-bond acceptors (Lipinski definition) is 4. The number of nitrogens with two attached hydrogens (primary N) is 1. The molecule has 1 unspecified atom stereocenters. The molecule has 1 aromatic heterocycles. The zero-order chi connectivity index (χ0) is 15.6. The lowest BCUT2D eigenvalue weighted by Gasteiger charge is -2.18. The zero-order valence-corrected chi connectivity index (χ0v) is 12.8. The largest absolute Gasteiger partial charge is 0.383 e. The van der Waals surface area contributed by atoms with E-state index in [9.17, 15) is 4.39 Å². The number of halogens is 1. The summed E-state index contributed by atoms with van der Waals surface area (Å²) in [5, 5.41) is 3.29. The van der Waals surface area contributed by atoms with Crippen molar-refractivity contribution in [2.75, 3.05) is 11.1 Å². The summed E-state index contributed by atoms with van der Waals surface area (Å²) >= 11 is 0. The summed E-state index contributed by atoms with van der Waals surface area (Å²) in [6, 6.07) is 6.45. The van der Waals surface area contributed by atoms with Crippen LogP contribution in [0.1, 0.15) is 49.7 Å². The standard InChI is InChI=1S/C16H21FN4/c1-9(2)15-20-14(18)10(3)16(21-15)19-11(4)12-6-5-7-13(17)8-12/h5-9,11H,1-4H3,(H3,18,19,20,21). The van der Waals surface area contributed by atoms with Gasteiger partial charge in [-0.2, -0.15) is 0 Å². The van der Waals surface area contributed by atoms with Gasteiger partial charge in [0, 0.05) is 11.5 Å². The molecule has 0 fully saturated rings. The van der Waals surface area contributed by atoms with Gasteiger partial charge >= 0.3 is 0 Å². The molecule has 1 heterocycles. The van der Waals surface area contributed by atoms with Gasteiger partial charge in [-0.3, -0.25) is 0 Å². The molecule has 5 heteroatoms. The summed E-state index contributed by atoms with van der Waals surface area (Å²) in [7, 11) is 0. The Bertz CT molecular complexity index is 640. The molecule has 2 aromatic rings. The summed E-state index contributed by atoms with van der Waals surface area (Å²) in [5.41, 5.74) is 7.61. The Labute approximate surface area is 124 Å². The molecule has 0 aliphatic rings. The Morgan fingerprint density at radius 1 is 1.19 bits per heavy atom. The molecule has 0 aliphatic heterocycles. The third-order valence-corrected chi connectivity index (χ3v) is 3.42. The average molecular weight is 288 g/mol. The predicted molar refractivity (Wildman–Crippen MR) is 83.7 cm³/mol. The molecule has 112 valence electrons. The van der Waals surface area contributed by atoms with Crippen LogP contribution in [-0.2, 0) is 0 Å². The third-order valence-electron chi connectivity index (χ3n) is 3.42. The van der Waals surface area contributed by atoms with Crippen molar-refractivity contribution in [3.63, 3.8) is 0 Å². The van der Waals surface area contributed by atoms with Crippen LogP contribution in [0.5, 0.6) is 0 Å².